The van der Waals surface area contributed by atoms with E-state index >= 15 is 0 Å². The fourth-order valence-electron chi connectivity index (χ4n) is 5.33. The molecule has 3 aromatic rings. The lowest BCUT2D eigenvalue weighted by Crippen LogP contribution is -2.46. The second kappa shape index (κ2) is 13.7. The summed E-state index contributed by atoms with van der Waals surface area (Å²) in [5.41, 5.74) is 1.04. The van der Waals surface area contributed by atoms with Crippen LogP contribution in [0.3, 0.4) is 0 Å². The Hall–Kier alpha value is -4.07. The van der Waals surface area contributed by atoms with Crippen LogP contribution in [0.15, 0.2) is 60.7 Å². The second-order valence-electron chi connectivity index (χ2n) is 11.9. The van der Waals surface area contributed by atoms with E-state index in [0.29, 0.717) is 5.75 Å². The highest BCUT2D eigenvalue weighted by molar-refractivity contribution is 5.91. The standard InChI is InChI=1S/C34H42N2O6/c1-23(37)36(21-24-11-16-29(40-5)17-12-24)32(33(39)35-28-9-7-6-8-10-28)27-14-13-26-20-30(18-15-25(26)19-27)41-22-31(38)42-34(2,3)4/h11-20,28,32H,6-10,21-22H2,1-5H3,(H,35,39). The maximum absolute atomic E-state index is 13.9. The van der Waals surface area contributed by atoms with E-state index in [9.17, 15) is 14.4 Å². The number of methoxy groups -OCH3 is 1. The maximum Gasteiger partial charge on any atom is 0.344 e. The summed E-state index contributed by atoms with van der Waals surface area (Å²) in [5, 5.41) is 5.02. The molecular formula is C34H42N2O6. The third-order valence-electron chi connectivity index (χ3n) is 7.36. The van der Waals surface area contributed by atoms with Crippen molar-refractivity contribution in [2.45, 2.75) is 84.0 Å². The van der Waals surface area contributed by atoms with Gasteiger partial charge in [0.2, 0.25) is 11.8 Å². The molecule has 1 atom stereocenters. The number of amides is 2. The van der Waals surface area contributed by atoms with Crippen LogP contribution >= 0.6 is 0 Å². The van der Waals surface area contributed by atoms with Crippen LogP contribution in [0.25, 0.3) is 10.8 Å². The number of fused-ring (bicyclic) bond motifs is 1. The normalized spacial score (nSPS) is 14.6. The van der Waals surface area contributed by atoms with E-state index in [0.717, 1.165) is 53.3 Å². The van der Waals surface area contributed by atoms with Crippen LogP contribution < -0.4 is 14.8 Å². The fourth-order valence-corrected chi connectivity index (χ4v) is 5.33. The number of rotatable bonds is 10. The minimum Gasteiger partial charge on any atom is -0.497 e. The summed E-state index contributed by atoms with van der Waals surface area (Å²) in [5.74, 6) is 0.454. The number of nitrogens with zero attached hydrogens (tertiary/aromatic N) is 1. The van der Waals surface area contributed by atoms with Crippen molar-refractivity contribution in [3.8, 4) is 11.5 Å². The number of carbonyl (C=O) groups excluding carboxylic acids is 3. The zero-order valence-electron chi connectivity index (χ0n) is 25.3. The fraction of sp³-hybridized carbons (Fsp3) is 0.441. The summed E-state index contributed by atoms with van der Waals surface area (Å²) in [6, 6.07) is 18.1. The summed E-state index contributed by atoms with van der Waals surface area (Å²) < 4.78 is 16.3. The van der Waals surface area contributed by atoms with E-state index in [1.807, 2.05) is 75.4 Å². The molecular weight excluding hydrogens is 532 g/mol. The average Bonchev–Trinajstić information content (AvgIpc) is 2.95. The summed E-state index contributed by atoms with van der Waals surface area (Å²) in [7, 11) is 1.61. The summed E-state index contributed by atoms with van der Waals surface area (Å²) in [6.45, 7) is 7.02. The lowest BCUT2D eigenvalue weighted by molar-refractivity contribution is -0.157. The van der Waals surface area contributed by atoms with Gasteiger partial charge in [-0.05, 0) is 85.8 Å². The van der Waals surface area contributed by atoms with Crippen molar-refractivity contribution in [3.05, 3.63) is 71.8 Å². The Labute approximate surface area is 248 Å². The number of nitrogens with one attached hydrogen (secondary N) is 1. The molecule has 0 aromatic heterocycles. The van der Waals surface area contributed by atoms with Crippen molar-refractivity contribution in [1.29, 1.82) is 0 Å². The second-order valence-corrected chi connectivity index (χ2v) is 11.9. The van der Waals surface area contributed by atoms with Gasteiger partial charge in [-0.2, -0.15) is 0 Å². The van der Waals surface area contributed by atoms with Gasteiger partial charge in [-0.3, -0.25) is 9.59 Å². The highest BCUT2D eigenvalue weighted by atomic mass is 16.6. The van der Waals surface area contributed by atoms with E-state index in [4.69, 9.17) is 14.2 Å². The van der Waals surface area contributed by atoms with Gasteiger partial charge in [-0.1, -0.05) is 49.6 Å². The molecule has 0 bridgehead atoms. The van der Waals surface area contributed by atoms with Crippen molar-refractivity contribution < 1.29 is 28.6 Å². The number of hydrogen-bond acceptors (Lipinski definition) is 6. The van der Waals surface area contributed by atoms with Crippen LogP contribution in [-0.2, 0) is 25.7 Å². The molecule has 8 heteroatoms. The molecule has 1 unspecified atom stereocenters. The Bertz CT molecular complexity index is 1390. The Morgan fingerprint density at radius 2 is 1.55 bits per heavy atom. The van der Waals surface area contributed by atoms with Gasteiger partial charge in [0.05, 0.1) is 7.11 Å². The van der Waals surface area contributed by atoms with E-state index in [1.165, 1.54) is 13.3 Å². The SMILES string of the molecule is COc1ccc(CN(C(C)=O)C(C(=O)NC2CCCCC2)c2ccc3cc(OCC(=O)OC(C)(C)C)ccc3c2)cc1. The Balaban J connectivity index is 1.61. The zero-order valence-corrected chi connectivity index (χ0v) is 25.3. The molecule has 42 heavy (non-hydrogen) atoms. The van der Waals surface area contributed by atoms with E-state index in [-0.39, 0.29) is 31.0 Å². The molecule has 1 fully saturated rings. The first-order valence-electron chi connectivity index (χ1n) is 14.6. The monoisotopic (exact) mass is 574 g/mol. The van der Waals surface area contributed by atoms with Crippen molar-refractivity contribution in [3.63, 3.8) is 0 Å². The molecule has 0 spiro atoms. The van der Waals surface area contributed by atoms with Crippen LogP contribution in [0.5, 0.6) is 11.5 Å². The van der Waals surface area contributed by atoms with Crippen LogP contribution in [-0.4, -0.2) is 48.0 Å². The van der Waals surface area contributed by atoms with Crippen LogP contribution in [0, 0.1) is 0 Å². The number of esters is 1. The molecule has 1 aliphatic rings. The molecule has 1 N–H and O–H groups in total. The smallest absolute Gasteiger partial charge is 0.344 e. The van der Waals surface area contributed by atoms with Gasteiger partial charge < -0.3 is 24.4 Å². The first-order chi connectivity index (χ1) is 20.0. The van der Waals surface area contributed by atoms with Gasteiger partial charge in [0.15, 0.2) is 6.61 Å². The molecule has 0 saturated heterocycles. The number of hydrogen-bond donors (Lipinski definition) is 1. The van der Waals surface area contributed by atoms with Gasteiger partial charge in [0, 0.05) is 19.5 Å². The first kappa shape index (κ1) is 30.9. The van der Waals surface area contributed by atoms with Crippen LogP contribution in [0.4, 0.5) is 0 Å². The first-order valence-corrected chi connectivity index (χ1v) is 14.6. The highest BCUT2D eigenvalue weighted by Gasteiger charge is 2.32. The number of ether oxygens (including phenoxy) is 3. The molecule has 0 aliphatic heterocycles. The predicted molar refractivity (Wildman–Crippen MR) is 162 cm³/mol. The number of carbonyl (C=O) groups is 3. The van der Waals surface area contributed by atoms with Crippen molar-refractivity contribution in [2.75, 3.05) is 13.7 Å². The lowest BCUT2D eigenvalue weighted by atomic mass is 9.94. The van der Waals surface area contributed by atoms with E-state index in [2.05, 4.69) is 5.32 Å². The van der Waals surface area contributed by atoms with Crippen molar-refractivity contribution in [1.82, 2.24) is 10.2 Å². The molecule has 0 heterocycles. The minimum absolute atomic E-state index is 0.105. The topological polar surface area (TPSA) is 94.2 Å². The van der Waals surface area contributed by atoms with Crippen LogP contribution in [0.1, 0.15) is 77.0 Å². The molecule has 8 nitrogen and oxygen atoms in total. The average molecular weight is 575 g/mol. The molecule has 1 saturated carbocycles. The maximum atomic E-state index is 13.9. The Morgan fingerprint density at radius 1 is 0.905 bits per heavy atom. The van der Waals surface area contributed by atoms with Crippen molar-refractivity contribution in [2.24, 2.45) is 0 Å². The molecule has 0 radical (unpaired) electrons. The molecule has 1 aliphatic carbocycles. The molecule has 3 aromatic carbocycles. The van der Waals surface area contributed by atoms with Gasteiger partial charge >= 0.3 is 5.97 Å². The molecule has 224 valence electrons. The van der Waals surface area contributed by atoms with Gasteiger partial charge in [-0.25, -0.2) is 4.79 Å². The largest absolute Gasteiger partial charge is 0.497 e. The highest BCUT2D eigenvalue weighted by Crippen LogP contribution is 2.30. The third kappa shape index (κ3) is 8.47. The van der Waals surface area contributed by atoms with E-state index in [1.54, 1.807) is 18.1 Å². The molecule has 4 rings (SSSR count). The molecule has 2 amide bonds. The van der Waals surface area contributed by atoms with Gasteiger partial charge in [-0.15, -0.1) is 0 Å². The number of benzene rings is 3. The van der Waals surface area contributed by atoms with Crippen molar-refractivity contribution >= 4 is 28.6 Å². The summed E-state index contributed by atoms with van der Waals surface area (Å²) in [6.07, 6.45) is 5.25. The van der Waals surface area contributed by atoms with Crippen LogP contribution in [0.2, 0.25) is 0 Å². The van der Waals surface area contributed by atoms with Gasteiger partial charge in [0.1, 0.15) is 23.1 Å². The minimum atomic E-state index is -0.806. The third-order valence-corrected chi connectivity index (χ3v) is 7.36. The zero-order chi connectivity index (χ0) is 30.3. The quantitative estimate of drug-likeness (QED) is 0.294. The predicted octanol–water partition coefficient (Wildman–Crippen LogP) is 6.11. The Morgan fingerprint density at radius 3 is 2.19 bits per heavy atom. The van der Waals surface area contributed by atoms with Gasteiger partial charge in [0.25, 0.3) is 0 Å². The lowest BCUT2D eigenvalue weighted by Gasteiger charge is -2.33. The van der Waals surface area contributed by atoms with E-state index < -0.39 is 17.6 Å². The summed E-state index contributed by atoms with van der Waals surface area (Å²) in [4.78, 5) is 40.7. The summed E-state index contributed by atoms with van der Waals surface area (Å²) >= 11 is 0. The Kier molecular flexibility index (Phi) is 10.1.